The largest absolute Gasteiger partial charge is 0.466 e. The van der Waals surface area contributed by atoms with Crippen molar-refractivity contribution in [2.24, 2.45) is 5.92 Å². The van der Waals surface area contributed by atoms with E-state index < -0.39 is 0 Å². The van der Waals surface area contributed by atoms with Gasteiger partial charge in [-0.3, -0.25) is 4.79 Å². The maximum Gasteiger partial charge on any atom is 0.317 e. The number of hydrogen-bond donors (Lipinski definition) is 1. The molecule has 2 aliphatic rings. The molecule has 114 valence electrons. The van der Waals surface area contributed by atoms with Crippen molar-refractivity contribution >= 4 is 12.0 Å². The topological polar surface area (TPSA) is 67.9 Å². The third-order valence-electron chi connectivity index (χ3n) is 3.83. The van der Waals surface area contributed by atoms with Crippen molar-refractivity contribution in [3.8, 4) is 0 Å². The Hall–Kier alpha value is -1.30. The van der Waals surface area contributed by atoms with E-state index in [2.05, 4.69) is 5.32 Å². The van der Waals surface area contributed by atoms with Crippen LogP contribution in [0.5, 0.6) is 0 Å². The minimum absolute atomic E-state index is 0.102. The number of piperidine rings is 1. The molecule has 0 spiro atoms. The van der Waals surface area contributed by atoms with Gasteiger partial charge in [-0.1, -0.05) is 0 Å². The SMILES string of the molecule is CCOC(=O)C1CCCN(C(=O)NCC2CCCO2)C1. The van der Waals surface area contributed by atoms with Crippen LogP contribution in [0.2, 0.25) is 0 Å². The first-order valence-corrected chi connectivity index (χ1v) is 7.51. The smallest absolute Gasteiger partial charge is 0.317 e. The summed E-state index contributed by atoms with van der Waals surface area (Å²) >= 11 is 0. The number of likely N-dealkylation sites (tertiary alicyclic amines) is 1. The zero-order valence-corrected chi connectivity index (χ0v) is 12.1. The van der Waals surface area contributed by atoms with Crippen LogP contribution in [0, 0.1) is 5.92 Å². The number of urea groups is 1. The Kier molecular flexibility index (Phi) is 5.64. The van der Waals surface area contributed by atoms with Crippen LogP contribution in [0.4, 0.5) is 4.79 Å². The van der Waals surface area contributed by atoms with Crippen molar-refractivity contribution in [1.82, 2.24) is 10.2 Å². The Morgan fingerprint density at radius 1 is 1.35 bits per heavy atom. The fourth-order valence-corrected chi connectivity index (χ4v) is 2.73. The van der Waals surface area contributed by atoms with Gasteiger partial charge in [0.1, 0.15) is 0 Å². The van der Waals surface area contributed by atoms with Gasteiger partial charge >= 0.3 is 12.0 Å². The van der Waals surface area contributed by atoms with E-state index >= 15 is 0 Å². The molecule has 2 unspecified atom stereocenters. The molecule has 2 amide bonds. The second-order valence-electron chi connectivity index (χ2n) is 5.36. The summed E-state index contributed by atoms with van der Waals surface area (Å²) in [5.41, 5.74) is 0. The number of amides is 2. The summed E-state index contributed by atoms with van der Waals surface area (Å²) in [6.07, 6.45) is 3.86. The quantitative estimate of drug-likeness (QED) is 0.786. The highest BCUT2D eigenvalue weighted by Gasteiger charge is 2.29. The van der Waals surface area contributed by atoms with Gasteiger partial charge in [-0.15, -0.1) is 0 Å². The lowest BCUT2D eigenvalue weighted by Crippen LogP contribution is -2.48. The van der Waals surface area contributed by atoms with Gasteiger partial charge in [-0.05, 0) is 32.6 Å². The van der Waals surface area contributed by atoms with Crippen LogP contribution in [-0.4, -0.2) is 55.9 Å². The third kappa shape index (κ3) is 4.10. The molecule has 0 aromatic heterocycles. The van der Waals surface area contributed by atoms with Gasteiger partial charge < -0.3 is 19.7 Å². The first-order valence-electron chi connectivity index (χ1n) is 7.51. The van der Waals surface area contributed by atoms with Gasteiger partial charge in [-0.25, -0.2) is 4.79 Å². The monoisotopic (exact) mass is 284 g/mol. The summed E-state index contributed by atoms with van der Waals surface area (Å²) in [6, 6.07) is -0.102. The normalized spacial score (nSPS) is 26.4. The number of rotatable bonds is 4. The lowest BCUT2D eigenvalue weighted by Gasteiger charge is -2.31. The average Bonchev–Trinajstić information content (AvgIpc) is 2.98. The number of nitrogens with one attached hydrogen (secondary N) is 1. The number of ether oxygens (including phenoxy) is 2. The molecular formula is C14H24N2O4. The molecule has 6 nitrogen and oxygen atoms in total. The molecule has 0 aromatic rings. The lowest BCUT2D eigenvalue weighted by atomic mass is 9.98. The van der Waals surface area contributed by atoms with Crippen LogP contribution in [0.15, 0.2) is 0 Å². The highest BCUT2D eigenvalue weighted by atomic mass is 16.5. The van der Waals surface area contributed by atoms with Crippen LogP contribution in [0.1, 0.15) is 32.6 Å². The van der Waals surface area contributed by atoms with Crippen LogP contribution in [0.25, 0.3) is 0 Å². The van der Waals surface area contributed by atoms with Crippen LogP contribution < -0.4 is 5.32 Å². The Balaban J connectivity index is 1.75. The summed E-state index contributed by atoms with van der Waals surface area (Å²) in [4.78, 5) is 25.5. The Bertz CT molecular complexity index is 342. The second-order valence-corrected chi connectivity index (χ2v) is 5.36. The fourth-order valence-electron chi connectivity index (χ4n) is 2.73. The molecule has 6 heteroatoms. The molecule has 20 heavy (non-hydrogen) atoms. The molecule has 2 rings (SSSR count). The molecule has 0 aromatic carbocycles. The molecule has 2 fully saturated rings. The molecule has 0 radical (unpaired) electrons. The summed E-state index contributed by atoms with van der Waals surface area (Å²) in [5, 5.41) is 2.90. The van der Waals surface area contributed by atoms with E-state index in [1.807, 2.05) is 0 Å². The number of carbonyl (C=O) groups excluding carboxylic acids is 2. The molecule has 2 saturated heterocycles. The summed E-state index contributed by atoms with van der Waals surface area (Å²) in [6.45, 7) is 4.69. The van der Waals surface area contributed by atoms with Crippen molar-refractivity contribution in [2.45, 2.75) is 38.7 Å². The zero-order valence-electron chi connectivity index (χ0n) is 12.1. The molecule has 0 aliphatic carbocycles. The average molecular weight is 284 g/mol. The van der Waals surface area contributed by atoms with Crippen LogP contribution >= 0.6 is 0 Å². The molecule has 2 aliphatic heterocycles. The predicted octanol–water partition coefficient (Wildman–Crippen LogP) is 1.15. The van der Waals surface area contributed by atoms with Gasteiger partial charge in [0.25, 0.3) is 0 Å². The number of carbonyl (C=O) groups is 2. The second kappa shape index (κ2) is 7.47. The number of esters is 1. The molecule has 2 atom stereocenters. The molecule has 1 N–H and O–H groups in total. The van der Waals surface area contributed by atoms with E-state index in [1.54, 1.807) is 11.8 Å². The standard InChI is InChI=1S/C14H24N2O4/c1-2-19-13(17)11-5-3-7-16(10-11)14(18)15-9-12-6-4-8-20-12/h11-12H,2-10H2,1H3,(H,15,18). The Labute approximate surface area is 119 Å². The van der Waals surface area contributed by atoms with E-state index in [0.29, 0.717) is 26.2 Å². The Morgan fingerprint density at radius 3 is 2.90 bits per heavy atom. The van der Waals surface area contributed by atoms with Crippen LogP contribution in [-0.2, 0) is 14.3 Å². The predicted molar refractivity (Wildman–Crippen MR) is 73.3 cm³/mol. The molecule has 0 bridgehead atoms. The zero-order chi connectivity index (χ0) is 14.4. The van der Waals surface area contributed by atoms with Crippen molar-refractivity contribution in [1.29, 1.82) is 0 Å². The maximum atomic E-state index is 12.1. The van der Waals surface area contributed by atoms with Gasteiger partial charge in [0, 0.05) is 26.2 Å². The van der Waals surface area contributed by atoms with Gasteiger partial charge in [0.2, 0.25) is 0 Å². The number of nitrogens with zero attached hydrogens (tertiary/aromatic N) is 1. The molecule has 0 saturated carbocycles. The first-order chi connectivity index (χ1) is 9.70. The highest BCUT2D eigenvalue weighted by Crippen LogP contribution is 2.18. The van der Waals surface area contributed by atoms with Crippen LogP contribution in [0.3, 0.4) is 0 Å². The van der Waals surface area contributed by atoms with Crippen molar-refractivity contribution < 1.29 is 19.1 Å². The maximum absolute atomic E-state index is 12.1. The summed E-state index contributed by atoms with van der Waals surface area (Å²) < 4.78 is 10.5. The molecular weight excluding hydrogens is 260 g/mol. The van der Waals surface area contributed by atoms with E-state index in [4.69, 9.17) is 9.47 Å². The minimum Gasteiger partial charge on any atom is -0.466 e. The highest BCUT2D eigenvalue weighted by molar-refractivity contribution is 5.77. The van der Waals surface area contributed by atoms with E-state index in [-0.39, 0.29) is 24.0 Å². The van der Waals surface area contributed by atoms with Crippen molar-refractivity contribution in [3.05, 3.63) is 0 Å². The van der Waals surface area contributed by atoms with E-state index in [1.165, 1.54) is 0 Å². The third-order valence-corrected chi connectivity index (χ3v) is 3.83. The molecule has 2 heterocycles. The van der Waals surface area contributed by atoms with Gasteiger partial charge in [-0.2, -0.15) is 0 Å². The summed E-state index contributed by atoms with van der Waals surface area (Å²) in [7, 11) is 0. The van der Waals surface area contributed by atoms with Crippen molar-refractivity contribution in [3.63, 3.8) is 0 Å². The van der Waals surface area contributed by atoms with Crippen molar-refractivity contribution in [2.75, 3.05) is 32.8 Å². The summed E-state index contributed by atoms with van der Waals surface area (Å²) in [5.74, 6) is -0.374. The Morgan fingerprint density at radius 2 is 2.20 bits per heavy atom. The fraction of sp³-hybridized carbons (Fsp3) is 0.857. The lowest BCUT2D eigenvalue weighted by molar-refractivity contribution is -0.149. The number of hydrogen-bond acceptors (Lipinski definition) is 4. The first kappa shape index (κ1) is 15.1. The van der Waals surface area contributed by atoms with Gasteiger partial charge in [0.15, 0.2) is 0 Å². The minimum atomic E-state index is -0.191. The van der Waals surface area contributed by atoms with E-state index in [0.717, 1.165) is 32.3 Å². The van der Waals surface area contributed by atoms with Gasteiger partial charge in [0.05, 0.1) is 18.6 Å². The van der Waals surface area contributed by atoms with E-state index in [9.17, 15) is 9.59 Å².